The largest absolute Gasteiger partial charge is 0.456 e. The van der Waals surface area contributed by atoms with Gasteiger partial charge in [0.1, 0.15) is 11.3 Å². The SMILES string of the molecule is c1ccc(-c2ccc(-c3ccc(N(c4ccc(-c5ccc(-c6ccccc6)cc5)cc4)c4ccc(-c5cc6c(ccc7ccccc76)o5)cc4)cc3)cc2)cc1. The molecule has 56 heavy (non-hydrogen) atoms. The topological polar surface area (TPSA) is 16.4 Å². The van der Waals surface area contributed by atoms with Crippen molar-refractivity contribution >= 4 is 38.8 Å². The zero-order chi connectivity index (χ0) is 37.3. The second-order valence-corrected chi connectivity index (χ2v) is 14.2. The van der Waals surface area contributed by atoms with Crippen molar-refractivity contribution in [2.45, 2.75) is 0 Å². The zero-order valence-electron chi connectivity index (χ0n) is 30.7. The number of benzene rings is 9. The Balaban J connectivity index is 0.979. The van der Waals surface area contributed by atoms with E-state index in [-0.39, 0.29) is 0 Å². The highest BCUT2D eigenvalue weighted by Crippen LogP contribution is 2.39. The average molecular weight is 716 g/mol. The van der Waals surface area contributed by atoms with Crippen LogP contribution in [0.25, 0.3) is 77.6 Å². The number of fused-ring (bicyclic) bond motifs is 3. The molecule has 0 amide bonds. The maximum Gasteiger partial charge on any atom is 0.135 e. The number of hydrogen-bond acceptors (Lipinski definition) is 2. The molecule has 0 bridgehead atoms. The fraction of sp³-hybridized carbons (Fsp3) is 0. The van der Waals surface area contributed by atoms with E-state index in [1.54, 1.807) is 0 Å². The van der Waals surface area contributed by atoms with Crippen molar-refractivity contribution in [1.82, 2.24) is 0 Å². The van der Waals surface area contributed by atoms with E-state index < -0.39 is 0 Å². The van der Waals surface area contributed by atoms with Crippen LogP contribution < -0.4 is 4.90 Å². The molecule has 9 aromatic carbocycles. The molecule has 2 nitrogen and oxygen atoms in total. The molecule has 0 atom stereocenters. The van der Waals surface area contributed by atoms with Gasteiger partial charge < -0.3 is 9.32 Å². The van der Waals surface area contributed by atoms with Gasteiger partial charge >= 0.3 is 0 Å². The molecule has 2 heteroatoms. The Morgan fingerprint density at radius 1 is 0.268 bits per heavy atom. The molecule has 0 N–H and O–H groups in total. The van der Waals surface area contributed by atoms with Gasteiger partial charge in [-0.3, -0.25) is 0 Å². The number of rotatable bonds is 8. The summed E-state index contributed by atoms with van der Waals surface area (Å²) < 4.78 is 6.39. The predicted molar refractivity (Wildman–Crippen MR) is 236 cm³/mol. The van der Waals surface area contributed by atoms with Gasteiger partial charge in [-0.15, -0.1) is 0 Å². The quantitative estimate of drug-likeness (QED) is 0.156. The summed E-state index contributed by atoms with van der Waals surface area (Å²) in [4.78, 5) is 2.32. The molecule has 0 aliphatic carbocycles. The molecule has 10 aromatic rings. The van der Waals surface area contributed by atoms with Crippen LogP contribution in [0.5, 0.6) is 0 Å². The normalized spacial score (nSPS) is 11.2. The Hall–Kier alpha value is -7.42. The maximum atomic E-state index is 6.39. The third kappa shape index (κ3) is 6.44. The van der Waals surface area contributed by atoms with E-state index in [9.17, 15) is 0 Å². The molecule has 1 heterocycles. The first-order chi connectivity index (χ1) is 27.7. The lowest BCUT2D eigenvalue weighted by molar-refractivity contribution is 0.632. The smallest absolute Gasteiger partial charge is 0.135 e. The molecule has 0 radical (unpaired) electrons. The molecule has 0 saturated carbocycles. The van der Waals surface area contributed by atoms with Crippen LogP contribution in [0.1, 0.15) is 0 Å². The summed E-state index contributed by atoms with van der Waals surface area (Å²) in [6, 6.07) is 79.9. The van der Waals surface area contributed by atoms with Crippen molar-refractivity contribution in [3.05, 3.63) is 224 Å². The fourth-order valence-corrected chi connectivity index (χ4v) is 7.73. The highest BCUT2D eigenvalue weighted by atomic mass is 16.3. The number of nitrogens with zero attached hydrogens (tertiary/aromatic N) is 1. The van der Waals surface area contributed by atoms with Gasteiger partial charge in [0.15, 0.2) is 0 Å². The molecular weight excluding hydrogens is 679 g/mol. The molecule has 0 fully saturated rings. The number of anilines is 3. The van der Waals surface area contributed by atoms with Gasteiger partial charge in [0.2, 0.25) is 0 Å². The minimum absolute atomic E-state index is 0.861. The summed E-state index contributed by atoms with van der Waals surface area (Å²) in [5.41, 5.74) is 14.8. The number of furan rings is 1. The minimum atomic E-state index is 0.861. The van der Waals surface area contributed by atoms with E-state index in [1.165, 1.54) is 55.3 Å². The van der Waals surface area contributed by atoms with Crippen molar-refractivity contribution in [3.8, 4) is 55.8 Å². The van der Waals surface area contributed by atoms with Crippen LogP contribution in [0, 0.1) is 0 Å². The molecule has 10 rings (SSSR count). The number of hydrogen-bond donors (Lipinski definition) is 0. The lowest BCUT2D eigenvalue weighted by Crippen LogP contribution is -2.09. The van der Waals surface area contributed by atoms with E-state index in [2.05, 4.69) is 229 Å². The van der Waals surface area contributed by atoms with Crippen molar-refractivity contribution in [2.24, 2.45) is 0 Å². The molecule has 0 unspecified atom stereocenters. The first kappa shape index (κ1) is 33.2. The Labute approximate surface area is 327 Å². The zero-order valence-corrected chi connectivity index (χ0v) is 30.7. The Kier molecular flexibility index (Phi) is 8.55. The first-order valence-corrected chi connectivity index (χ1v) is 19.1. The van der Waals surface area contributed by atoms with Gasteiger partial charge in [0.05, 0.1) is 0 Å². The molecule has 0 spiro atoms. The van der Waals surface area contributed by atoms with Crippen LogP contribution in [0.4, 0.5) is 17.1 Å². The maximum absolute atomic E-state index is 6.39. The summed E-state index contributed by atoms with van der Waals surface area (Å²) in [6.07, 6.45) is 0. The van der Waals surface area contributed by atoms with Crippen molar-refractivity contribution < 1.29 is 4.42 Å². The van der Waals surface area contributed by atoms with E-state index in [4.69, 9.17) is 4.42 Å². The summed E-state index contributed by atoms with van der Waals surface area (Å²) in [5.74, 6) is 0.861. The fourth-order valence-electron chi connectivity index (χ4n) is 7.73. The van der Waals surface area contributed by atoms with E-state index in [0.717, 1.165) is 39.4 Å². The van der Waals surface area contributed by atoms with Crippen LogP contribution in [-0.4, -0.2) is 0 Å². The summed E-state index contributed by atoms with van der Waals surface area (Å²) in [7, 11) is 0. The third-order valence-corrected chi connectivity index (χ3v) is 10.7. The van der Waals surface area contributed by atoms with Gasteiger partial charge in [0.25, 0.3) is 0 Å². The van der Waals surface area contributed by atoms with Gasteiger partial charge in [0, 0.05) is 28.0 Å². The van der Waals surface area contributed by atoms with Crippen LogP contribution in [0.3, 0.4) is 0 Å². The predicted octanol–water partition coefficient (Wildman–Crippen LogP) is 15.4. The van der Waals surface area contributed by atoms with Crippen LogP contribution in [0.2, 0.25) is 0 Å². The van der Waals surface area contributed by atoms with Gasteiger partial charge in [-0.2, -0.15) is 0 Å². The lowest BCUT2D eigenvalue weighted by Gasteiger charge is -2.26. The summed E-state index contributed by atoms with van der Waals surface area (Å²) in [6.45, 7) is 0. The van der Waals surface area contributed by atoms with Gasteiger partial charge in [-0.05, 0) is 116 Å². The van der Waals surface area contributed by atoms with Crippen molar-refractivity contribution in [3.63, 3.8) is 0 Å². The Morgan fingerprint density at radius 2 is 0.625 bits per heavy atom. The first-order valence-electron chi connectivity index (χ1n) is 19.1. The molecule has 1 aromatic heterocycles. The highest BCUT2D eigenvalue weighted by molar-refractivity contribution is 6.07. The average Bonchev–Trinajstić information content (AvgIpc) is 3.73. The second kappa shape index (κ2) is 14.4. The standard InChI is InChI=1S/C54H37NO/c1-3-9-38(10-4-1)40-15-19-42(20-16-40)44-23-30-48(31-24-44)55(49-32-25-45(26-33-49)43-21-17-41(18-22-43)39-11-5-2-6-12-39)50-34-27-47(28-35-50)54-37-52-51-14-8-7-13-46(51)29-36-53(52)56-54/h1-37H. The lowest BCUT2D eigenvalue weighted by atomic mass is 9.99. The van der Waals surface area contributed by atoms with Gasteiger partial charge in [-0.1, -0.05) is 164 Å². The molecule has 0 saturated heterocycles. The van der Waals surface area contributed by atoms with Crippen molar-refractivity contribution in [2.75, 3.05) is 4.90 Å². The summed E-state index contributed by atoms with van der Waals surface area (Å²) >= 11 is 0. The molecular formula is C54H37NO. The highest BCUT2D eigenvalue weighted by Gasteiger charge is 2.15. The van der Waals surface area contributed by atoms with E-state index in [0.29, 0.717) is 0 Å². The summed E-state index contributed by atoms with van der Waals surface area (Å²) in [5, 5.41) is 3.55. The molecule has 264 valence electrons. The molecule has 0 aliphatic rings. The third-order valence-electron chi connectivity index (χ3n) is 10.7. The van der Waals surface area contributed by atoms with E-state index in [1.807, 2.05) is 0 Å². The van der Waals surface area contributed by atoms with Gasteiger partial charge in [-0.25, -0.2) is 0 Å². The monoisotopic (exact) mass is 715 g/mol. The Morgan fingerprint density at radius 3 is 1.07 bits per heavy atom. The molecule has 0 aliphatic heterocycles. The Bertz CT molecular complexity index is 2770. The van der Waals surface area contributed by atoms with Crippen LogP contribution >= 0.6 is 0 Å². The minimum Gasteiger partial charge on any atom is -0.456 e. The van der Waals surface area contributed by atoms with Crippen LogP contribution in [-0.2, 0) is 0 Å². The van der Waals surface area contributed by atoms with Crippen molar-refractivity contribution in [1.29, 1.82) is 0 Å². The van der Waals surface area contributed by atoms with E-state index >= 15 is 0 Å². The van der Waals surface area contributed by atoms with Crippen LogP contribution in [0.15, 0.2) is 229 Å². The second-order valence-electron chi connectivity index (χ2n) is 14.2.